The van der Waals surface area contributed by atoms with Gasteiger partial charge in [-0.1, -0.05) is 6.92 Å². The Hall–Kier alpha value is -1.60. The van der Waals surface area contributed by atoms with Crippen molar-refractivity contribution in [3.63, 3.8) is 0 Å². The molecular weight excluding hydrogens is 219 g/mol. The fraction of sp³-hybridized carbons (Fsp3) is 0.462. The minimum atomic E-state index is -0.317. The van der Waals surface area contributed by atoms with E-state index in [-0.39, 0.29) is 17.8 Å². The fourth-order valence-electron chi connectivity index (χ4n) is 1.91. The van der Waals surface area contributed by atoms with E-state index in [9.17, 15) is 4.39 Å². The average molecular weight is 236 g/mol. The lowest BCUT2D eigenvalue weighted by molar-refractivity contribution is 0.310. The van der Waals surface area contributed by atoms with E-state index in [0.717, 1.165) is 0 Å². The molecule has 2 atom stereocenters. The number of methoxy groups -OCH3 is 1. The third kappa shape index (κ3) is 2.95. The van der Waals surface area contributed by atoms with E-state index >= 15 is 0 Å². The SMILES string of the molecule is COc1ccc(F)cc1C(C)C(C#N)N(C)C. The highest BCUT2D eigenvalue weighted by Crippen LogP contribution is 2.30. The summed E-state index contributed by atoms with van der Waals surface area (Å²) in [5, 5.41) is 9.13. The minimum Gasteiger partial charge on any atom is -0.496 e. The Morgan fingerprint density at radius 3 is 2.53 bits per heavy atom. The first-order chi connectivity index (χ1) is 8.01. The standard InChI is InChI=1S/C13H17FN2O/c1-9(12(8-15)16(2)3)11-7-10(14)5-6-13(11)17-4/h5-7,9,12H,1-4H3. The van der Waals surface area contributed by atoms with Crippen molar-refractivity contribution in [3.05, 3.63) is 29.6 Å². The van der Waals surface area contributed by atoms with Crippen LogP contribution in [0.25, 0.3) is 0 Å². The molecule has 0 amide bonds. The number of nitriles is 1. The molecule has 0 saturated heterocycles. The Morgan fingerprint density at radius 2 is 2.06 bits per heavy atom. The molecule has 92 valence electrons. The van der Waals surface area contributed by atoms with Gasteiger partial charge in [-0.2, -0.15) is 5.26 Å². The van der Waals surface area contributed by atoms with Crippen molar-refractivity contribution >= 4 is 0 Å². The largest absolute Gasteiger partial charge is 0.496 e. The number of benzene rings is 1. The average Bonchev–Trinajstić information content (AvgIpc) is 2.29. The van der Waals surface area contributed by atoms with Crippen LogP contribution in [0.2, 0.25) is 0 Å². The van der Waals surface area contributed by atoms with Crippen LogP contribution in [0.5, 0.6) is 5.75 Å². The van der Waals surface area contributed by atoms with Gasteiger partial charge in [0.25, 0.3) is 0 Å². The summed E-state index contributed by atoms with van der Waals surface area (Å²) in [6.45, 7) is 1.89. The molecule has 0 aromatic heterocycles. The predicted octanol–water partition coefficient (Wildman–Crippen LogP) is 2.39. The molecule has 3 nitrogen and oxygen atoms in total. The fourth-order valence-corrected chi connectivity index (χ4v) is 1.91. The normalized spacial score (nSPS) is 14.2. The van der Waals surface area contributed by atoms with Crippen LogP contribution in [-0.4, -0.2) is 32.1 Å². The maximum absolute atomic E-state index is 13.3. The molecule has 0 fully saturated rings. The van der Waals surface area contributed by atoms with E-state index in [1.165, 1.54) is 12.1 Å². The van der Waals surface area contributed by atoms with Crippen LogP contribution in [-0.2, 0) is 0 Å². The van der Waals surface area contributed by atoms with Crippen molar-refractivity contribution in [3.8, 4) is 11.8 Å². The lowest BCUT2D eigenvalue weighted by Gasteiger charge is -2.25. The monoisotopic (exact) mass is 236 g/mol. The first-order valence-corrected chi connectivity index (χ1v) is 5.40. The van der Waals surface area contributed by atoms with Gasteiger partial charge in [0.05, 0.1) is 13.2 Å². The van der Waals surface area contributed by atoms with Gasteiger partial charge >= 0.3 is 0 Å². The number of likely N-dealkylation sites (N-methyl/N-ethyl adjacent to an activating group) is 1. The second-order valence-corrected chi connectivity index (χ2v) is 4.21. The van der Waals surface area contributed by atoms with Crippen molar-refractivity contribution in [2.45, 2.75) is 18.9 Å². The number of ether oxygens (including phenoxy) is 1. The van der Waals surface area contributed by atoms with Gasteiger partial charge < -0.3 is 4.74 Å². The van der Waals surface area contributed by atoms with Crippen molar-refractivity contribution in [1.82, 2.24) is 4.90 Å². The minimum absolute atomic E-state index is 0.124. The van der Waals surface area contributed by atoms with Crippen LogP contribution in [0.3, 0.4) is 0 Å². The molecule has 0 aliphatic carbocycles. The van der Waals surface area contributed by atoms with Crippen LogP contribution in [0.15, 0.2) is 18.2 Å². The molecule has 0 bridgehead atoms. The van der Waals surface area contributed by atoms with Crippen LogP contribution in [0.1, 0.15) is 18.4 Å². The molecule has 1 aromatic rings. The van der Waals surface area contributed by atoms with Crippen molar-refractivity contribution in [2.24, 2.45) is 0 Å². The first kappa shape index (κ1) is 13.5. The van der Waals surface area contributed by atoms with Gasteiger partial charge in [0.1, 0.15) is 17.6 Å². The van der Waals surface area contributed by atoms with E-state index in [1.54, 1.807) is 13.2 Å². The number of hydrogen-bond acceptors (Lipinski definition) is 3. The highest BCUT2D eigenvalue weighted by molar-refractivity contribution is 5.38. The smallest absolute Gasteiger partial charge is 0.123 e. The summed E-state index contributed by atoms with van der Waals surface area (Å²) >= 11 is 0. The van der Waals surface area contributed by atoms with Crippen LogP contribution in [0, 0.1) is 17.1 Å². The third-order valence-electron chi connectivity index (χ3n) is 2.84. The molecule has 17 heavy (non-hydrogen) atoms. The van der Waals surface area contributed by atoms with Gasteiger partial charge in [0.15, 0.2) is 0 Å². The lowest BCUT2D eigenvalue weighted by Crippen LogP contribution is -2.31. The third-order valence-corrected chi connectivity index (χ3v) is 2.84. The summed E-state index contributed by atoms with van der Waals surface area (Å²) in [5.74, 6) is 0.171. The van der Waals surface area contributed by atoms with Crippen LogP contribution < -0.4 is 4.74 Å². The molecule has 1 rings (SSSR count). The molecule has 0 saturated carbocycles. The Morgan fingerprint density at radius 1 is 1.41 bits per heavy atom. The molecule has 2 unspecified atom stereocenters. The highest BCUT2D eigenvalue weighted by Gasteiger charge is 2.23. The molecule has 0 aliphatic rings. The molecule has 0 spiro atoms. The van der Waals surface area contributed by atoms with Gasteiger partial charge in [-0.25, -0.2) is 4.39 Å². The Labute approximate surface area is 101 Å². The van der Waals surface area contributed by atoms with Gasteiger partial charge in [-0.05, 0) is 32.3 Å². The summed E-state index contributed by atoms with van der Waals surface area (Å²) in [7, 11) is 5.20. The molecule has 0 radical (unpaired) electrons. The van der Waals surface area contributed by atoms with Gasteiger partial charge in [0.2, 0.25) is 0 Å². The zero-order chi connectivity index (χ0) is 13.0. The van der Waals surface area contributed by atoms with Crippen LogP contribution in [0.4, 0.5) is 4.39 Å². The Kier molecular flexibility index (Phi) is 4.47. The predicted molar refractivity (Wildman–Crippen MR) is 64.5 cm³/mol. The number of halogens is 1. The zero-order valence-corrected chi connectivity index (χ0v) is 10.6. The Bertz CT molecular complexity index is 426. The zero-order valence-electron chi connectivity index (χ0n) is 10.6. The van der Waals surface area contributed by atoms with Crippen LogP contribution >= 0.6 is 0 Å². The van der Waals surface area contributed by atoms with Crippen molar-refractivity contribution < 1.29 is 9.13 Å². The van der Waals surface area contributed by atoms with Gasteiger partial charge in [-0.3, -0.25) is 4.90 Å². The lowest BCUT2D eigenvalue weighted by atomic mass is 9.92. The first-order valence-electron chi connectivity index (χ1n) is 5.40. The molecule has 0 N–H and O–H groups in total. The summed E-state index contributed by atoms with van der Waals surface area (Å²) in [6.07, 6.45) is 0. The van der Waals surface area contributed by atoms with E-state index in [2.05, 4.69) is 6.07 Å². The number of nitrogens with zero attached hydrogens (tertiary/aromatic N) is 2. The summed E-state index contributed by atoms with van der Waals surface area (Å²) in [6, 6.07) is 6.27. The summed E-state index contributed by atoms with van der Waals surface area (Å²) in [4.78, 5) is 1.81. The number of rotatable bonds is 4. The van der Waals surface area contributed by atoms with E-state index in [4.69, 9.17) is 10.00 Å². The second kappa shape index (κ2) is 5.65. The number of hydrogen-bond donors (Lipinski definition) is 0. The maximum Gasteiger partial charge on any atom is 0.123 e. The Balaban J connectivity index is 3.14. The van der Waals surface area contributed by atoms with Crippen molar-refractivity contribution in [2.75, 3.05) is 21.2 Å². The molecule has 1 aromatic carbocycles. The molecular formula is C13H17FN2O. The summed E-state index contributed by atoms with van der Waals surface area (Å²) < 4.78 is 18.5. The van der Waals surface area contributed by atoms with Gasteiger partial charge in [0, 0.05) is 11.5 Å². The van der Waals surface area contributed by atoms with E-state index in [0.29, 0.717) is 11.3 Å². The molecule has 0 heterocycles. The quantitative estimate of drug-likeness (QED) is 0.805. The summed E-state index contributed by atoms with van der Waals surface area (Å²) in [5.41, 5.74) is 0.716. The molecule has 0 aliphatic heterocycles. The highest BCUT2D eigenvalue weighted by atomic mass is 19.1. The second-order valence-electron chi connectivity index (χ2n) is 4.21. The van der Waals surface area contributed by atoms with E-state index < -0.39 is 0 Å². The topological polar surface area (TPSA) is 36.3 Å². The van der Waals surface area contributed by atoms with Gasteiger partial charge in [-0.15, -0.1) is 0 Å². The maximum atomic E-state index is 13.3. The van der Waals surface area contributed by atoms with E-state index in [1.807, 2.05) is 25.9 Å². The molecule has 4 heteroatoms. The van der Waals surface area contributed by atoms with Crippen molar-refractivity contribution in [1.29, 1.82) is 5.26 Å².